The molecule has 0 saturated carbocycles. The van der Waals surface area contributed by atoms with Gasteiger partial charge >= 0.3 is 0 Å². The number of halogens is 1. The fraction of sp³-hybridized carbons (Fsp3) is 0.233. The van der Waals surface area contributed by atoms with Crippen LogP contribution in [0.2, 0.25) is 5.02 Å². The molecule has 0 atom stereocenters. The number of rotatable bonds is 5. The summed E-state index contributed by atoms with van der Waals surface area (Å²) in [6.07, 6.45) is 4.98. The monoisotopic (exact) mass is 526 g/mol. The summed E-state index contributed by atoms with van der Waals surface area (Å²) in [6, 6.07) is 14.8. The normalized spacial score (nSPS) is 13.6. The van der Waals surface area contributed by atoms with Crippen molar-refractivity contribution in [3.63, 3.8) is 0 Å². The smallest absolute Gasteiger partial charge is 0.257 e. The van der Waals surface area contributed by atoms with Crippen LogP contribution >= 0.6 is 11.6 Å². The average molecular weight is 527 g/mol. The molecular weight excluding hydrogens is 500 g/mol. The predicted molar refractivity (Wildman–Crippen MR) is 148 cm³/mol. The third-order valence-electron chi connectivity index (χ3n) is 6.48. The van der Waals surface area contributed by atoms with Crippen LogP contribution in [0.15, 0.2) is 71.9 Å². The van der Waals surface area contributed by atoms with Crippen LogP contribution in [0.5, 0.6) is 0 Å². The van der Waals surface area contributed by atoms with Gasteiger partial charge in [-0.2, -0.15) is 0 Å². The van der Waals surface area contributed by atoms with Crippen LogP contribution in [-0.4, -0.2) is 46.7 Å². The van der Waals surface area contributed by atoms with Crippen LogP contribution in [0.4, 0.5) is 0 Å². The maximum atomic E-state index is 13.7. The molecule has 38 heavy (non-hydrogen) atoms. The van der Waals surface area contributed by atoms with Crippen LogP contribution in [0.1, 0.15) is 32.6 Å². The molecule has 4 aromatic rings. The van der Waals surface area contributed by atoms with Gasteiger partial charge in [-0.05, 0) is 47.5 Å². The highest BCUT2D eigenvalue weighted by molar-refractivity contribution is 6.30. The van der Waals surface area contributed by atoms with E-state index in [9.17, 15) is 9.59 Å². The molecule has 0 unspecified atom stereocenters. The number of carbonyl (C=O) groups is 1. The maximum Gasteiger partial charge on any atom is 0.257 e. The van der Waals surface area contributed by atoms with E-state index in [1.165, 1.54) is 0 Å². The van der Waals surface area contributed by atoms with E-state index in [4.69, 9.17) is 16.3 Å². The number of ether oxygens (including phenoxy) is 1. The van der Waals surface area contributed by atoms with Gasteiger partial charge in [-0.3, -0.25) is 19.5 Å². The zero-order valence-electron chi connectivity index (χ0n) is 21.0. The van der Waals surface area contributed by atoms with Crippen molar-refractivity contribution in [3.05, 3.63) is 110 Å². The minimum atomic E-state index is -0.426. The van der Waals surface area contributed by atoms with E-state index in [-0.39, 0.29) is 17.5 Å². The number of benzene rings is 2. The van der Waals surface area contributed by atoms with Crippen molar-refractivity contribution in [2.24, 2.45) is 7.05 Å². The highest BCUT2D eigenvalue weighted by Crippen LogP contribution is 2.21. The predicted octanol–water partition coefficient (Wildman–Crippen LogP) is 3.75. The van der Waals surface area contributed by atoms with E-state index >= 15 is 0 Å². The van der Waals surface area contributed by atoms with Gasteiger partial charge in [0.15, 0.2) is 0 Å². The molecule has 192 valence electrons. The quantitative estimate of drug-likeness (QED) is 0.401. The van der Waals surface area contributed by atoms with E-state index in [0.717, 1.165) is 35.3 Å². The van der Waals surface area contributed by atoms with E-state index < -0.39 is 5.91 Å². The van der Waals surface area contributed by atoms with Crippen molar-refractivity contribution in [2.45, 2.75) is 13.1 Å². The summed E-state index contributed by atoms with van der Waals surface area (Å²) in [5, 5.41) is 3.95. The van der Waals surface area contributed by atoms with Crippen molar-refractivity contribution < 1.29 is 9.53 Å². The van der Waals surface area contributed by atoms with Gasteiger partial charge in [-0.1, -0.05) is 35.6 Å². The standard InChI is InChI=1S/C30H27ClN4O3/c1-34-20-27(30(37)33-18-22-3-6-25(31)7-4-22)29(36)26-17-23(19-35-12-14-38-15-13-35)16-24(28(26)34)5-2-21-8-10-32-11-9-21/h3-4,6-11,16-17,20H,12-15,18-19H2,1H3,(H,33,37). The van der Waals surface area contributed by atoms with Crippen molar-refractivity contribution in [1.82, 2.24) is 19.8 Å². The highest BCUT2D eigenvalue weighted by Gasteiger charge is 2.18. The summed E-state index contributed by atoms with van der Waals surface area (Å²) in [4.78, 5) is 33.1. The first-order valence-electron chi connectivity index (χ1n) is 12.4. The summed E-state index contributed by atoms with van der Waals surface area (Å²) >= 11 is 5.96. The number of pyridine rings is 2. The first-order chi connectivity index (χ1) is 18.5. The lowest BCUT2D eigenvalue weighted by Crippen LogP contribution is -2.35. The molecule has 1 fully saturated rings. The first kappa shape index (κ1) is 25.7. The first-order valence-corrected chi connectivity index (χ1v) is 12.8. The van der Waals surface area contributed by atoms with Gasteiger partial charge in [0.1, 0.15) is 5.56 Å². The molecule has 0 aliphatic carbocycles. The average Bonchev–Trinajstić information content (AvgIpc) is 2.94. The van der Waals surface area contributed by atoms with Gasteiger partial charge < -0.3 is 14.6 Å². The molecule has 1 aliphatic heterocycles. The zero-order valence-corrected chi connectivity index (χ0v) is 21.8. The fourth-order valence-electron chi connectivity index (χ4n) is 4.53. The Morgan fingerprint density at radius 3 is 2.53 bits per heavy atom. The molecule has 1 N–H and O–H groups in total. The Morgan fingerprint density at radius 2 is 1.79 bits per heavy atom. The number of morpholine rings is 1. The molecule has 1 amide bonds. The molecular formula is C30H27ClN4O3. The second-order valence-corrected chi connectivity index (χ2v) is 9.64. The number of fused-ring (bicyclic) bond motifs is 1. The molecule has 8 heteroatoms. The molecule has 3 heterocycles. The van der Waals surface area contributed by atoms with Gasteiger partial charge in [0, 0.05) is 73.4 Å². The van der Waals surface area contributed by atoms with Gasteiger partial charge in [0.05, 0.1) is 18.7 Å². The van der Waals surface area contributed by atoms with Crippen LogP contribution in [0.3, 0.4) is 0 Å². The van der Waals surface area contributed by atoms with Crippen LogP contribution in [0.25, 0.3) is 10.9 Å². The number of nitrogens with zero attached hydrogens (tertiary/aromatic N) is 3. The van der Waals surface area contributed by atoms with E-state index in [2.05, 4.69) is 27.0 Å². The largest absolute Gasteiger partial charge is 0.379 e. The Morgan fingerprint density at radius 1 is 1.05 bits per heavy atom. The molecule has 1 saturated heterocycles. The summed E-state index contributed by atoms with van der Waals surface area (Å²) in [7, 11) is 1.83. The van der Waals surface area contributed by atoms with E-state index in [1.54, 1.807) is 30.7 Å². The summed E-state index contributed by atoms with van der Waals surface area (Å²) in [5.74, 6) is 6.01. The lowest BCUT2D eigenvalue weighted by molar-refractivity contribution is 0.0342. The van der Waals surface area contributed by atoms with Crippen LogP contribution < -0.4 is 10.7 Å². The molecule has 0 bridgehead atoms. The van der Waals surface area contributed by atoms with Crippen LogP contribution in [0, 0.1) is 11.8 Å². The van der Waals surface area contributed by atoms with Crippen LogP contribution in [-0.2, 0) is 24.9 Å². The maximum absolute atomic E-state index is 13.7. The Balaban J connectivity index is 1.54. The molecule has 0 radical (unpaired) electrons. The summed E-state index contributed by atoms with van der Waals surface area (Å²) in [5.41, 5.74) is 3.88. The van der Waals surface area contributed by atoms with E-state index in [1.807, 2.05) is 48.0 Å². The minimum Gasteiger partial charge on any atom is -0.379 e. The SMILES string of the molecule is Cn1cc(C(=O)NCc2ccc(Cl)cc2)c(=O)c2cc(CN3CCOCC3)cc(C#Cc3ccncc3)c21. The number of aryl methyl sites for hydroxylation is 1. The third-order valence-corrected chi connectivity index (χ3v) is 6.73. The highest BCUT2D eigenvalue weighted by atomic mass is 35.5. The van der Waals surface area contributed by atoms with Gasteiger partial charge in [-0.15, -0.1) is 0 Å². The van der Waals surface area contributed by atoms with Crippen molar-refractivity contribution in [2.75, 3.05) is 26.3 Å². The number of hydrogen-bond donors (Lipinski definition) is 1. The number of nitrogens with one attached hydrogen (secondary N) is 1. The van der Waals surface area contributed by atoms with E-state index in [0.29, 0.717) is 35.7 Å². The molecule has 5 rings (SSSR count). The molecule has 1 aliphatic rings. The lowest BCUT2D eigenvalue weighted by Gasteiger charge is -2.26. The van der Waals surface area contributed by atoms with Crippen molar-refractivity contribution in [1.29, 1.82) is 0 Å². The summed E-state index contributed by atoms with van der Waals surface area (Å²) < 4.78 is 7.29. The second-order valence-electron chi connectivity index (χ2n) is 9.21. The topological polar surface area (TPSA) is 76.5 Å². The van der Waals surface area contributed by atoms with Gasteiger partial charge in [0.25, 0.3) is 5.91 Å². The minimum absolute atomic E-state index is 0.0885. The fourth-order valence-corrected chi connectivity index (χ4v) is 4.66. The molecule has 7 nitrogen and oxygen atoms in total. The number of carbonyl (C=O) groups excluding carboxylic acids is 1. The van der Waals surface area contributed by atoms with Gasteiger partial charge in [0.2, 0.25) is 5.43 Å². The molecule has 0 spiro atoms. The second kappa shape index (κ2) is 11.6. The van der Waals surface area contributed by atoms with Crippen molar-refractivity contribution >= 4 is 28.4 Å². The Hall–Kier alpha value is -3.96. The molecule has 2 aromatic heterocycles. The van der Waals surface area contributed by atoms with Gasteiger partial charge in [-0.25, -0.2) is 0 Å². The number of amides is 1. The molecule has 2 aromatic carbocycles. The third kappa shape index (κ3) is 5.95. The number of hydrogen-bond acceptors (Lipinski definition) is 5. The summed E-state index contributed by atoms with van der Waals surface area (Å²) in [6.45, 7) is 3.96. The Labute approximate surface area is 226 Å². The Bertz CT molecular complexity index is 1580. The van der Waals surface area contributed by atoms with Crippen molar-refractivity contribution in [3.8, 4) is 11.8 Å². The number of aromatic nitrogens is 2. The zero-order chi connectivity index (χ0) is 26.5. The Kier molecular flexibility index (Phi) is 7.85. The lowest BCUT2D eigenvalue weighted by atomic mass is 10.0.